The maximum absolute atomic E-state index is 9.69. The first kappa shape index (κ1) is 17.3. The number of anilines is 1. The summed E-state index contributed by atoms with van der Waals surface area (Å²) >= 11 is 9.03. The van der Waals surface area contributed by atoms with Crippen LogP contribution in [-0.2, 0) is 5.75 Å². The number of nitrogen functional groups attached to an aromatic ring is 1. The van der Waals surface area contributed by atoms with Crippen molar-refractivity contribution < 1.29 is 0 Å². The van der Waals surface area contributed by atoms with Crippen LogP contribution in [-0.4, -0.2) is 4.98 Å². The number of halogens is 1. The number of thioether (sulfide) groups is 1. The number of benzene rings is 1. The molecular formula is C18H11ClN4S2. The number of aromatic nitrogens is 1. The Hall–Kier alpha value is -2.51. The number of nitrogens with zero attached hydrogens (tertiary/aromatic N) is 3. The molecule has 25 heavy (non-hydrogen) atoms. The third kappa shape index (κ3) is 3.47. The van der Waals surface area contributed by atoms with Gasteiger partial charge in [0.15, 0.2) is 0 Å². The first-order valence-corrected chi connectivity index (χ1v) is 9.43. The van der Waals surface area contributed by atoms with E-state index in [2.05, 4.69) is 17.1 Å². The van der Waals surface area contributed by atoms with Gasteiger partial charge in [-0.1, -0.05) is 35.9 Å². The number of nitriles is 2. The van der Waals surface area contributed by atoms with Gasteiger partial charge in [0.2, 0.25) is 0 Å². The minimum Gasteiger partial charge on any atom is -0.383 e. The van der Waals surface area contributed by atoms with Gasteiger partial charge in [-0.25, -0.2) is 4.98 Å². The molecule has 0 bridgehead atoms. The Morgan fingerprint density at radius 1 is 1.12 bits per heavy atom. The lowest BCUT2D eigenvalue weighted by molar-refractivity contribution is 1.11. The van der Waals surface area contributed by atoms with Crippen molar-refractivity contribution in [1.29, 1.82) is 10.5 Å². The van der Waals surface area contributed by atoms with Crippen LogP contribution in [0, 0.1) is 22.7 Å². The molecule has 0 amide bonds. The van der Waals surface area contributed by atoms with E-state index in [9.17, 15) is 10.5 Å². The van der Waals surface area contributed by atoms with Gasteiger partial charge in [0.25, 0.3) is 0 Å². The van der Waals surface area contributed by atoms with E-state index in [0.29, 0.717) is 26.9 Å². The Kier molecular flexibility index (Phi) is 5.25. The summed E-state index contributed by atoms with van der Waals surface area (Å²) in [6, 6.07) is 15.5. The number of rotatable bonds is 4. The van der Waals surface area contributed by atoms with Gasteiger partial charge >= 0.3 is 0 Å². The van der Waals surface area contributed by atoms with E-state index >= 15 is 0 Å². The van der Waals surface area contributed by atoms with E-state index < -0.39 is 0 Å². The fourth-order valence-electron chi connectivity index (χ4n) is 2.33. The zero-order valence-corrected chi connectivity index (χ0v) is 15.3. The van der Waals surface area contributed by atoms with Crippen molar-refractivity contribution in [2.45, 2.75) is 10.8 Å². The maximum atomic E-state index is 9.69. The van der Waals surface area contributed by atoms with Crippen LogP contribution in [0.4, 0.5) is 5.82 Å². The van der Waals surface area contributed by atoms with E-state index in [-0.39, 0.29) is 11.4 Å². The van der Waals surface area contributed by atoms with Gasteiger partial charge in [0.05, 0.1) is 5.56 Å². The fourth-order valence-corrected chi connectivity index (χ4v) is 4.39. The second kappa shape index (κ2) is 7.58. The molecular weight excluding hydrogens is 372 g/mol. The lowest BCUT2D eigenvalue weighted by Gasteiger charge is -2.12. The molecule has 1 aromatic carbocycles. The van der Waals surface area contributed by atoms with Crippen LogP contribution in [0.15, 0.2) is 46.8 Å². The second-order valence-electron chi connectivity index (χ2n) is 5.01. The Morgan fingerprint density at radius 2 is 1.88 bits per heavy atom. The molecule has 0 unspecified atom stereocenters. The molecule has 122 valence electrons. The maximum Gasteiger partial charge on any atom is 0.143 e. The Labute approximate surface area is 158 Å². The molecule has 0 aliphatic carbocycles. The third-order valence-electron chi connectivity index (χ3n) is 3.51. The highest BCUT2D eigenvalue weighted by atomic mass is 35.5. The molecule has 0 fully saturated rings. The molecule has 0 saturated heterocycles. The summed E-state index contributed by atoms with van der Waals surface area (Å²) in [5, 5.41) is 22.2. The van der Waals surface area contributed by atoms with Crippen molar-refractivity contribution in [3.8, 4) is 22.6 Å². The lowest BCUT2D eigenvalue weighted by atomic mass is 10.0. The molecule has 0 aliphatic heterocycles. The first-order chi connectivity index (χ1) is 12.2. The van der Waals surface area contributed by atoms with E-state index in [0.717, 1.165) is 10.4 Å². The van der Waals surface area contributed by atoms with Gasteiger partial charge in [0, 0.05) is 21.2 Å². The van der Waals surface area contributed by atoms with Gasteiger partial charge in [-0.05, 0) is 23.1 Å². The van der Waals surface area contributed by atoms with Crippen molar-refractivity contribution in [2.24, 2.45) is 0 Å². The molecule has 2 aromatic heterocycles. The fraction of sp³-hybridized carbons (Fsp3) is 0.0556. The van der Waals surface area contributed by atoms with E-state index in [1.807, 2.05) is 41.8 Å². The number of hydrogen-bond acceptors (Lipinski definition) is 6. The highest BCUT2D eigenvalue weighted by Crippen LogP contribution is 2.38. The zero-order chi connectivity index (χ0) is 17.8. The van der Waals surface area contributed by atoms with Crippen LogP contribution in [0.1, 0.15) is 16.7 Å². The van der Waals surface area contributed by atoms with Crippen molar-refractivity contribution in [2.75, 3.05) is 5.73 Å². The quantitative estimate of drug-likeness (QED) is 0.635. The normalized spacial score (nSPS) is 10.2. The number of hydrogen-bond donors (Lipinski definition) is 1. The second-order valence-corrected chi connectivity index (χ2v) is 7.33. The molecule has 0 aliphatic rings. The van der Waals surface area contributed by atoms with Crippen LogP contribution in [0.3, 0.4) is 0 Å². The summed E-state index contributed by atoms with van der Waals surface area (Å²) in [7, 11) is 0. The van der Waals surface area contributed by atoms with Crippen molar-refractivity contribution in [3.63, 3.8) is 0 Å². The third-order valence-corrected chi connectivity index (χ3v) is 5.79. The number of thiophene rings is 1. The molecule has 7 heteroatoms. The molecule has 0 saturated carbocycles. The first-order valence-electron chi connectivity index (χ1n) is 7.19. The molecule has 0 atom stereocenters. The average molecular weight is 383 g/mol. The molecule has 3 aromatic rings. The number of pyridine rings is 1. The summed E-state index contributed by atoms with van der Waals surface area (Å²) in [5.41, 5.74) is 8.08. The lowest BCUT2D eigenvalue weighted by Crippen LogP contribution is -2.02. The van der Waals surface area contributed by atoms with Crippen LogP contribution < -0.4 is 5.73 Å². The van der Waals surface area contributed by atoms with Crippen molar-refractivity contribution >= 4 is 40.5 Å². The summed E-state index contributed by atoms with van der Waals surface area (Å²) in [6.45, 7) is 0. The van der Waals surface area contributed by atoms with E-state index in [4.69, 9.17) is 17.3 Å². The summed E-state index contributed by atoms with van der Waals surface area (Å²) in [4.78, 5) is 5.11. The topological polar surface area (TPSA) is 86.5 Å². The Balaban J connectivity index is 2.08. The standard InChI is InChI=1S/C18H11ClN4S2/c19-14-5-2-1-4-11(14)10-25-18-13(9-21)16(15-6-3-7-24-15)12(8-20)17(22)23-18/h1-7H,10H2,(H2,22,23). The van der Waals surface area contributed by atoms with E-state index in [1.54, 1.807) is 0 Å². The SMILES string of the molecule is N#Cc1c(N)nc(SCc2ccccc2Cl)c(C#N)c1-c1cccs1. The van der Waals surface area contributed by atoms with Crippen LogP contribution >= 0.6 is 34.7 Å². The largest absolute Gasteiger partial charge is 0.383 e. The molecule has 0 radical (unpaired) electrons. The highest BCUT2D eigenvalue weighted by molar-refractivity contribution is 7.98. The predicted octanol–water partition coefficient (Wildman–Crippen LogP) is 5.08. The Morgan fingerprint density at radius 3 is 2.52 bits per heavy atom. The Bertz CT molecular complexity index is 1000. The van der Waals surface area contributed by atoms with Gasteiger partial charge in [-0.15, -0.1) is 23.1 Å². The predicted molar refractivity (Wildman–Crippen MR) is 102 cm³/mol. The smallest absolute Gasteiger partial charge is 0.143 e. The van der Waals surface area contributed by atoms with Gasteiger partial charge in [-0.3, -0.25) is 0 Å². The van der Waals surface area contributed by atoms with Crippen LogP contribution in [0.25, 0.3) is 10.4 Å². The molecule has 4 nitrogen and oxygen atoms in total. The molecule has 2 heterocycles. The molecule has 3 rings (SSSR count). The summed E-state index contributed by atoms with van der Waals surface area (Å²) in [6.07, 6.45) is 0. The molecule has 2 N–H and O–H groups in total. The highest BCUT2D eigenvalue weighted by Gasteiger charge is 2.21. The minimum absolute atomic E-state index is 0.131. The van der Waals surface area contributed by atoms with Gasteiger partial charge < -0.3 is 5.73 Å². The monoisotopic (exact) mass is 382 g/mol. The van der Waals surface area contributed by atoms with Gasteiger partial charge in [-0.2, -0.15) is 10.5 Å². The average Bonchev–Trinajstić information content (AvgIpc) is 3.14. The van der Waals surface area contributed by atoms with Crippen LogP contribution in [0.5, 0.6) is 0 Å². The molecule has 0 spiro atoms. The van der Waals surface area contributed by atoms with E-state index in [1.165, 1.54) is 23.1 Å². The zero-order valence-electron chi connectivity index (χ0n) is 12.9. The van der Waals surface area contributed by atoms with Crippen molar-refractivity contribution in [1.82, 2.24) is 4.98 Å². The summed E-state index contributed by atoms with van der Waals surface area (Å²) < 4.78 is 0. The summed E-state index contributed by atoms with van der Waals surface area (Å²) in [5.74, 6) is 0.683. The minimum atomic E-state index is 0.131. The van der Waals surface area contributed by atoms with Crippen LogP contribution in [0.2, 0.25) is 5.02 Å². The van der Waals surface area contributed by atoms with Gasteiger partial charge in [0.1, 0.15) is 28.5 Å². The van der Waals surface area contributed by atoms with Crippen molar-refractivity contribution in [3.05, 3.63) is 63.5 Å². The number of nitrogens with two attached hydrogens (primary N) is 1.